The Labute approximate surface area is 135 Å². The van der Waals surface area contributed by atoms with Gasteiger partial charge in [-0.3, -0.25) is 9.59 Å². The minimum Gasteiger partial charge on any atom is -0.493 e. The number of anilines is 1. The highest BCUT2D eigenvalue weighted by Gasteiger charge is 2.05. The Bertz CT molecular complexity index is 688. The van der Waals surface area contributed by atoms with Crippen LogP contribution < -0.4 is 15.8 Å². The van der Waals surface area contributed by atoms with Gasteiger partial charge in [0.1, 0.15) is 5.75 Å². The summed E-state index contributed by atoms with van der Waals surface area (Å²) < 4.78 is 5.60. The van der Waals surface area contributed by atoms with Gasteiger partial charge in [0, 0.05) is 11.3 Å². The Morgan fingerprint density at radius 1 is 1.04 bits per heavy atom. The van der Waals surface area contributed by atoms with Gasteiger partial charge in [0.05, 0.1) is 13.0 Å². The van der Waals surface area contributed by atoms with Gasteiger partial charge >= 0.3 is 0 Å². The molecule has 0 aliphatic carbocycles. The van der Waals surface area contributed by atoms with Crippen LogP contribution in [-0.2, 0) is 4.79 Å². The molecule has 0 saturated heterocycles. The number of carbonyl (C=O) groups excluding carboxylic acids is 2. The lowest BCUT2D eigenvalue weighted by Crippen LogP contribution is -2.15. The summed E-state index contributed by atoms with van der Waals surface area (Å²) in [6.07, 6.45) is 0.241. The second-order valence-corrected chi connectivity index (χ2v) is 5.41. The molecule has 0 aromatic heterocycles. The molecule has 2 rings (SSSR count). The molecule has 0 aliphatic heterocycles. The molecule has 0 unspecified atom stereocenters. The van der Waals surface area contributed by atoms with E-state index in [2.05, 4.69) is 11.4 Å². The first kappa shape index (κ1) is 16.5. The minimum absolute atomic E-state index is 0.152. The fraction of sp³-hybridized carbons (Fsp3) is 0.222. The van der Waals surface area contributed by atoms with Crippen molar-refractivity contribution in [3.05, 3.63) is 59.2 Å². The van der Waals surface area contributed by atoms with Crippen LogP contribution in [0, 0.1) is 13.8 Å². The highest BCUT2D eigenvalue weighted by molar-refractivity contribution is 5.94. The molecule has 0 bridgehead atoms. The van der Waals surface area contributed by atoms with Crippen LogP contribution in [0.4, 0.5) is 5.69 Å². The third-order valence-corrected chi connectivity index (χ3v) is 3.25. The molecule has 0 heterocycles. The number of nitrogens with two attached hydrogens (primary N) is 1. The SMILES string of the molecule is Cc1cc(C)cc(OCCC(=O)Nc2ccc(C(N)=O)cc2)c1. The van der Waals surface area contributed by atoms with Gasteiger partial charge < -0.3 is 15.8 Å². The van der Waals surface area contributed by atoms with Gasteiger partial charge in [0.2, 0.25) is 11.8 Å². The first-order chi connectivity index (χ1) is 10.9. The zero-order valence-electron chi connectivity index (χ0n) is 13.3. The Morgan fingerprint density at radius 2 is 1.65 bits per heavy atom. The fourth-order valence-electron chi connectivity index (χ4n) is 2.22. The van der Waals surface area contributed by atoms with Crippen LogP contribution in [0.1, 0.15) is 27.9 Å². The maximum Gasteiger partial charge on any atom is 0.248 e. The largest absolute Gasteiger partial charge is 0.493 e. The molecular formula is C18H20N2O3. The van der Waals surface area contributed by atoms with Crippen LogP contribution in [-0.4, -0.2) is 18.4 Å². The summed E-state index contributed by atoms with van der Waals surface area (Å²) >= 11 is 0. The maximum absolute atomic E-state index is 11.9. The van der Waals surface area contributed by atoms with Gasteiger partial charge in [-0.05, 0) is 61.4 Å². The average molecular weight is 312 g/mol. The van der Waals surface area contributed by atoms with Crippen molar-refractivity contribution >= 4 is 17.5 Å². The zero-order valence-corrected chi connectivity index (χ0v) is 13.3. The third-order valence-electron chi connectivity index (χ3n) is 3.25. The number of carbonyl (C=O) groups is 2. The number of ether oxygens (including phenoxy) is 1. The van der Waals surface area contributed by atoms with E-state index < -0.39 is 5.91 Å². The first-order valence-electron chi connectivity index (χ1n) is 7.35. The lowest BCUT2D eigenvalue weighted by atomic mass is 10.1. The average Bonchev–Trinajstić information content (AvgIpc) is 2.46. The van der Waals surface area contributed by atoms with Crippen molar-refractivity contribution in [2.45, 2.75) is 20.3 Å². The van der Waals surface area contributed by atoms with Crippen molar-refractivity contribution in [1.82, 2.24) is 0 Å². The van der Waals surface area contributed by atoms with Crippen molar-refractivity contribution in [3.8, 4) is 5.75 Å². The number of hydrogen-bond acceptors (Lipinski definition) is 3. The van der Waals surface area contributed by atoms with Gasteiger partial charge in [-0.25, -0.2) is 0 Å². The van der Waals surface area contributed by atoms with Crippen LogP contribution in [0.5, 0.6) is 5.75 Å². The quantitative estimate of drug-likeness (QED) is 0.860. The van der Waals surface area contributed by atoms with E-state index in [4.69, 9.17) is 10.5 Å². The number of hydrogen-bond donors (Lipinski definition) is 2. The Kier molecular flexibility index (Phi) is 5.36. The molecule has 0 saturated carbocycles. The van der Waals surface area contributed by atoms with Gasteiger partial charge in [0.15, 0.2) is 0 Å². The van der Waals surface area contributed by atoms with E-state index in [0.717, 1.165) is 16.9 Å². The molecule has 5 heteroatoms. The summed E-state index contributed by atoms with van der Waals surface area (Å²) in [6.45, 7) is 4.30. The number of rotatable bonds is 6. The number of aryl methyl sites for hydroxylation is 2. The Hall–Kier alpha value is -2.82. The molecule has 0 radical (unpaired) electrons. The van der Waals surface area contributed by atoms with E-state index in [1.807, 2.05) is 26.0 Å². The number of benzene rings is 2. The lowest BCUT2D eigenvalue weighted by molar-refractivity contribution is -0.116. The lowest BCUT2D eigenvalue weighted by Gasteiger charge is -2.09. The molecule has 0 aliphatic rings. The van der Waals surface area contributed by atoms with E-state index >= 15 is 0 Å². The summed E-state index contributed by atoms with van der Waals surface area (Å²) in [5.41, 5.74) is 8.43. The van der Waals surface area contributed by atoms with Crippen molar-refractivity contribution in [2.75, 3.05) is 11.9 Å². The molecule has 120 valence electrons. The van der Waals surface area contributed by atoms with E-state index in [0.29, 0.717) is 17.9 Å². The topological polar surface area (TPSA) is 81.4 Å². The van der Waals surface area contributed by atoms with Crippen LogP contribution in [0.2, 0.25) is 0 Å². The van der Waals surface area contributed by atoms with E-state index in [-0.39, 0.29) is 12.3 Å². The van der Waals surface area contributed by atoms with E-state index in [9.17, 15) is 9.59 Å². The second-order valence-electron chi connectivity index (χ2n) is 5.41. The molecular weight excluding hydrogens is 292 g/mol. The molecule has 2 amide bonds. The van der Waals surface area contributed by atoms with Gasteiger partial charge in [-0.1, -0.05) is 6.07 Å². The number of amides is 2. The molecule has 5 nitrogen and oxygen atoms in total. The predicted molar refractivity (Wildman–Crippen MR) is 89.6 cm³/mol. The van der Waals surface area contributed by atoms with Crippen molar-refractivity contribution in [3.63, 3.8) is 0 Å². The van der Waals surface area contributed by atoms with Crippen LogP contribution in [0.15, 0.2) is 42.5 Å². The maximum atomic E-state index is 11.9. The van der Waals surface area contributed by atoms with Gasteiger partial charge in [-0.15, -0.1) is 0 Å². The molecule has 0 spiro atoms. The van der Waals surface area contributed by atoms with Crippen LogP contribution >= 0.6 is 0 Å². The van der Waals surface area contributed by atoms with Crippen LogP contribution in [0.25, 0.3) is 0 Å². The van der Waals surface area contributed by atoms with E-state index in [1.165, 1.54) is 0 Å². The summed E-state index contributed by atoms with van der Waals surface area (Å²) in [5, 5.41) is 2.75. The summed E-state index contributed by atoms with van der Waals surface area (Å²) in [4.78, 5) is 22.8. The molecule has 23 heavy (non-hydrogen) atoms. The third kappa shape index (κ3) is 5.14. The zero-order chi connectivity index (χ0) is 16.8. The van der Waals surface area contributed by atoms with Gasteiger partial charge in [-0.2, -0.15) is 0 Å². The molecule has 0 atom stereocenters. The standard InChI is InChI=1S/C18H20N2O3/c1-12-9-13(2)11-16(10-12)23-8-7-17(21)20-15-5-3-14(4-6-15)18(19)22/h3-6,9-11H,7-8H2,1-2H3,(H2,19,22)(H,20,21). The summed E-state index contributed by atoms with van der Waals surface area (Å²) in [5.74, 6) is 0.118. The predicted octanol–water partition coefficient (Wildman–Crippen LogP) is 2.81. The highest BCUT2D eigenvalue weighted by atomic mass is 16.5. The van der Waals surface area contributed by atoms with Crippen molar-refractivity contribution < 1.29 is 14.3 Å². The van der Waals surface area contributed by atoms with Gasteiger partial charge in [0.25, 0.3) is 0 Å². The molecule has 2 aromatic rings. The van der Waals surface area contributed by atoms with Crippen molar-refractivity contribution in [1.29, 1.82) is 0 Å². The summed E-state index contributed by atoms with van der Waals surface area (Å²) in [7, 11) is 0. The summed E-state index contributed by atoms with van der Waals surface area (Å²) in [6, 6.07) is 12.4. The normalized spacial score (nSPS) is 10.2. The molecule has 0 fully saturated rings. The van der Waals surface area contributed by atoms with Crippen LogP contribution in [0.3, 0.4) is 0 Å². The number of nitrogens with one attached hydrogen (secondary N) is 1. The minimum atomic E-state index is -0.496. The molecule has 2 aromatic carbocycles. The Balaban J connectivity index is 1.81. The monoisotopic (exact) mass is 312 g/mol. The Morgan fingerprint density at radius 3 is 2.22 bits per heavy atom. The number of primary amides is 1. The fourth-order valence-corrected chi connectivity index (χ4v) is 2.22. The first-order valence-corrected chi connectivity index (χ1v) is 7.35. The van der Waals surface area contributed by atoms with E-state index in [1.54, 1.807) is 24.3 Å². The molecule has 3 N–H and O–H groups in total. The second kappa shape index (κ2) is 7.45. The smallest absolute Gasteiger partial charge is 0.248 e. The van der Waals surface area contributed by atoms with Crippen molar-refractivity contribution in [2.24, 2.45) is 5.73 Å². The highest BCUT2D eigenvalue weighted by Crippen LogP contribution is 2.16.